The van der Waals surface area contributed by atoms with Gasteiger partial charge in [-0.1, -0.05) is 18.2 Å². The Morgan fingerprint density at radius 1 is 1.25 bits per heavy atom. The second kappa shape index (κ2) is 8.25. The number of rotatable bonds is 8. The van der Waals surface area contributed by atoms with Crippen LogP contribution in [0.2, 0.25) is 0 Å². The van der Waals surface area contributed by atoms with Crippen LogP contribution in [0.1, 0.15) is 12.8 Å². The normalized spacial score (nSPS) is 17.6. The highest BCUT2D eigenvalue weighted by Gasteiger charge is 2.13. The van der Waals surface area contributed by atoms with Crippen molar-refractivity contribution in [2.45, 2.75) is 18.9 Å². The Labute approximate surface area is 122 Å². The molecule has 0 aromatic heterocycles. The van der Waals surface area contributed by atoms with Gasteiger partial charge in [-0.25, -0.2) is 0 Å². The maximum atomic E-state index is 9.99. The zero-order valence-electron chi connectivity index (χ0n) is 12.4. The van der Waals surface area contributed by atoms with Crippen molar-refractivity contribution in [3.8, 4) is 5.75 Å². The van der Waals surface area contributed by atoms with Gasteiger partial charge in [0.15, 0.2) is 0 Å². The molecule has 1 aromatic carbocycles. The van der Waals surface area contributed by atoms with Crippen LogP contribution in [0.4, 0.5) is 0 Å². The average molecular weight is 278 g/mol. The van der Waals surface area contributed by atoms with Crippen molar-refractivity contribution in [1.82, 2.24) is 9.80 Å². The highest BCUT2D eigenvalue weighted by Crippen LogP contribution is 2.09. The van der Waals surface area contributed by atoms with E-state index in [-0.39, 0.29) is 0 Å². The van der Waals surface area contributed by atoms with E-state index in [1.54, 1.807) is 0 Å². The van der Waals surface area contributed by atoms with Crippen LogP contribution in [0.5, 0.6) is 5.75 Å². The highest BCUT2D eigenvalue weighted by atomic mass is 16.5. The summed E-state index contributed by atoms with van der Waals surface area (Å²) < 4.78 is 5.56. The lowest BCUT2D eigenvalue weighted by Crippen LogP contribution is -2.37. The van der Waals surface area contributed by atoms with Gasteiger partial charge in [-0.15, -0.1) is 0 Å². The molecule has 1 heterocycles. The summed E-state index contributed by atoms with van der Waals surface area (Å²) in [6, 6.07) is 9.64. The van der Waals surface area contributed by atoms with Crippen molar-refractivity contribution < 1.29 is 9.84 Å². The number of likely N-dealkylation sites (N-methyl/N-ethyl adjacent to an activating group) is 1. The molecule has 1 saturated heterocycles. The Bertz CT molecular complexity index is 366. The smallest absolute Gasteiger partial charge is 0.119 e. The van der Waals surface area contributed by atoms with Gasteiger partial charge >= 0.3 is 0 Å². The number of aliphatic hydroxyl groups excluding tert-OH is 1. The van der Waals surface area contributed by atoms with Crippen LogP contribution in [0, 0.1) is 0 Å². The summed E-state index contributed by atoms with van der Waals surface area (Å²) in [5.74, 6) is 0.811. The second-order valence-electron chi connectivity index (χ2n) is 5.59. The fourth-order valence-electron chi connectivity index (χ4n) is 2.53. The monoisotopic (exact) mass is 278 g/mol. The van der Waals surface area contributed by atoms with E-state index < -0.39 is 6.10 Å². The van der Waals surface area contributed by atoms with Gasteiger partial charge in [0.1, 0.15) is 18.5 Å². The number of nitrogens with zero attached hydrogens (tertiary/aromatic N) is 2. The quantitative estimate of drug-likeness (QED) is 0.781. The third-order valence-electron chi connectivity index (χ3n) is 3.70. The molecule has 4 nitrogen and oxygen atoms in total. The van der Waals surface area contributed by atoms with Crippen molar-refractivity contribution in [1.29, 1.82) is 0 Å². The fourth-order valence-corrected chi connectivity index (χ4v) is 2.53. The van der Waals surface area contributed by atoms with Gasteiger partial charge in [0, 0.05) is 19.6 Å². The molecule has 0 bridgehead atoms. The van der Waals surface area contributed by atoms with Crippen molar-refractivity contribution in [3.05, 3.63) is 30.3 Å². The minimum absolute atomic E-state index is 0.345. The van der Waals surface area contributed by atoms with Crippen LogP contribution in [0.3, 0.4) is 0 Å². The predicted octanol–water partition coefficient (Wildman–Crippen LogP) is 1.45. The molecule has 0 radical (unpaired) electrons. The first-order valence-corrected chi connectivity index (χ1v) is 7.51. The molecule has 1 N–H and O–H groups in total. The van der Waals surface area contributed by atoms with Crippen LogP contribution in [-0.2, 0) is 0 Å². The molecule has 1 aliphatic rings. The van der Waals surface area contributed by atoms with E-state index in [9.17, 15) is 5.11 Å². The lowest BCUT2D eigenvalue weighted by Gasteiger charge is -2.23. The first-order chi connectivity index (χ1) is 9.74. The number of aliphatic hydroxyl groups is 1. The Hall–Kier alpha value is -1.10. The minimum Gasteiger partial charge on any atom is -0.491 e. The van der Waals surface area contributed by atoms with Gasteiger partial charge in [0.05, 0.1) is 0 Å². The van der Waals surface area contributed by atoms with Crippen LogP contribution in [-0.4, -0.2) is 67.4 Å². The van der Waals surface area contributed by atoms with Crippen molar-refractivity contribution in [3.63, 3.8) is 0 Å². The molecule has 2 rings (SSSR count). The lowest BCUT2D eigenvalue weighted by atomic mass is 10.3. The topological polar surface area (TPSA) is 35.9 Å². The second-order valence-corrected chi connectivity index (χ2v) is 5.59. The molecular weight excluding hydrogens is 252 g/mol. The molecule has 1 aromatic rings. The van der Waals surface area contributed by atoms with Gasteiger partial charge in [-0.2, -0.15) is 0 Å². The predicted molar refractivity (Wildman–Crippen MR) is 81.1 cm³/mol. The van der Waals surface area contributed by atoms with E-state index >= 15 is 0 Å². The highest BCUT2D eigenvalue weighted by molar-refractivity contribution is 5.20. The zero-order chi connectivity index (χ0) is 14.2. The van der Waals surface area contributed by atoms with E-state index in [0.29, 0.717) is 13.2 Å². The van der Waals surface area contributed by atoms with Crippen LogP contribution < -0.4 is 4.74 Å². The van der Waals surface area contributed by atoms with Crippen LogP contribution in [0.25, 0.3) is 0 Å². The summed E-state index contributed by atoms with van der Waals surface area (Å²) in [4.78, 5) is 4.67. The van der Waals surface area contributed by atoms with Crippen molar-refractivity contribution >= 4 is 0 Å². The first kappa shape index (κ1) is 15.3. The molecule has 112 valence electrons. The Kier molecular flexibility index (Phi) is 6.30. The van der Waals surface area contributed by atoms with Gasteiger partial charge < -0.3 is 19.6 Å². The molecule has 20 heavy (non-hydrogen) atoms. The number of hydrogen-bond donors (Lipinski definition) is 1. The SMILES string of the molecule is CN(CCN1CCCC1)CC(O)COc1ccccc1. The molecule has 1 fully saturated rings. The Morgan fingerprint density at radius 3 is 2.65 bits per heavy atom. The van der Waals surface area contributed by atoms with Gasteiger partial charge in [-0.3, -0.25) is 0 Å². The summed E-state index contributed by atoms with van der Waals surface area (Å²) in [6.45, 7) is 5.56. The number of ether oxygens (including phenoxy) is 1. The maximum Gasteiger partial charge on any atom is 0.119 e. The molecule has 0 saturated carbocycles. The molecular formula is C16H26N2O2. The van der Waals surface area contributed by atoms with Gasteiger partial charge in [-0.05, 0) is 45.1 Å². The molecule has 1 aliphatic heterocycles. The maximum absolute atomic E-state index is 9.99. The van der Waals surface area contributed by atoms with E-state index in [2.05, 4.69) is 16.8 Å². The third-order valence-corrected chi connectivity index (χ3v) is 3.70. The molecule has 0 spiro atoms. The van der Waals surface area contributed by atoms with Crippen molar-refractivity contribution in [2.75, 3.05) is 46.4 Å². The standard InChI is InChI=1S/C16H26N2O2/c1-17(11-12-18-9-5-6-10-18)13-15(19)14-20-16-7-3-2-4-8-16/h2-4,7-8,15,19H,5-6,9-14H2,1H3. The van der Waals surface area contributed by atoms with Crippen LogP contribution >= 0.6 is 0 Å². The summed E-state index contributed by atoms with van der Waals surface area (Å²) in [5, 5.41) is 9.99. The molecule has 1 atom stereocenters. The third kappa shape index (κ3) is 5.49. The first-order valence-electron chi connectivity index (χ1n) is 7.51. The lowest BCUT2D eigenvalue weighted by molar-refractivity contribution is 0.0738. The summed E-state index contributed by atoms with van der Waals surface area (Å²) in [7, 11) is 2.06. The molecule has 1 unspecified atom stereocenters. The number of likely N-dealkylation sites (tertiary alicyclic amines) is 1. The number of hydrogen-bond acceptors (Lipinski definition) is 4. The average Bonchev–Trinajstić information content (AvgIpc) is 2.97. The Morgan fingerprint density at radius 2 is 1.95 bits per heavy atom. The van der Waals surface area contributed by atoms with E-state index in [0.717, 1.165) is 18.8 Å². The van der Waals surface area contributed by atoms with Crippen molar-refractivity contribution in [2.24, 2.45) is 0 Å². The number of benzene rings is 1. The summed E-state index contributed by atoms with van der Waals surface area (Å²) in [6.07, 6.45) is 2.22. The molecule has 0 aliphatic carbocycles. The summed E-state index contributed by atoms with van der Waals surface area (Å²) >= 11 is 0. The zero-order valence-corrected chi connectivity index (χ0v) is 12.4. The van der Waals surface area contributed by atoms with E-state index in [4.69, 9.17) is 4.74 Å². The fraction of sp³-hybridized carbons (Fsp3) is 0.625. The Balaban J connectivity index is 1.59. The van der Waals surface area contributed by atoms with Crippen LogP contribution in [0.15, 0.2) is 30.3 Å². The van der Waals surface area contributed by atoms with E-state index in [1.165, 1.54) is 25.9 Å². The van der Waals surface area contributed by atoms with Gasteiger partial charge in [0.25, 0.3) is 0 Å². The molecule has 0 amide bonds. The summed E-state index contributed by atoms with van der Waals surface area (Å²) in [5.41, 5.74) is 0. The largest absolute Gasteiger partial charge is 0.491 e. The van der Waals surface area contributed by atoms with Gasteiger partial charge in [0.2, 0.25) is 0 Å². The minimum atomic E-state index is -0.446. The molecule has 4 heteroatoms. The van der Waals surface area contributed by atoms with E-state index in [1.807, 2.05) is 30.3 Å². The number of para-hydroxylation sites is 1.